The molecule has 8 heteroatoms. The molecule has 0 amide bonds. The fourth-order valence-corrected chi connectivity index (χ4v) is 2.60. The lowest BCUT2D eigenvalue weighted by Gasteiger charge is -2.09. The van der Waals surface area contributed by atoms with Crippen molar-refractivity contribution in [2.75, 3.05) is 5.73 Å². The van der Waals surface area contributed by atoms with E-state index >= 15 is 0 Å². The van der Waals surface area contributed by atoms with Gasteiger partial charge in [-0.1, -0.05) is 23.7 Å². The van der Waals surface area contributed by atoms with Gasteiger partial charge in [-0.15, -0.1) is 5.10 Å². The fourth-order valence-electron chi connectivity index (χ4n) is 1.92. The van der Waals surface area contributed by atoms with Gasteiger partial charge in [-0.25, -0.2) is 4.39 Å². The number of halogens is 3. The van der Waals surface area contributed by atoms with Crippen molar-refractivity contribution in [2.45, 2.75) is 0 Å². The van der Waals surface area contributed by atoms with Crippen LogP contribution in [0.5, 0.6) is 0 Å². The first-order chi connectivity index (χ1) is 10.1. The Kier molecular flexibility index (Phi) is 3.60. The molecule has 0 radical (unpaired) electrons. The molecule has 0 aliphatic carbocycles. The summed E-state index contributed by atoms with van der Waals surface area (Å²) in [6, 6.07) is 9.65. The Morgan fingerprint density at radius 2 is 1.95 bits per heavy atom. The first-order valence-electron chi connectivity index (χ1n) is 5.86. The molecular weight excluding hydrogens is 361 g/mol. The maximum Gasteiger partial charge on any atom is 0.188 e. The molecule has 21 heavy (non-hydrogen) atoms. The SMILES string of the molecule is Nc1cccc(-c2nnnn2-c2c(F)cccc2Cl)c1Br. The number of aromatic nitrogens is 4. The summed E-state index contributed by atoms with van der Waals surface area (Å²) in [5.41, 5.74) is 7.11. The third-order valence-corrected chi connectivity index (χ3v) is 4.08. The minimum absolute atomic E-state index is 0.0912. The lowest BCUT2D eigenvalue weighted by atomic mass is 10.2. The van der Waals surface area contributed by atoms with Gasteiger partial charge in [0.1, 0.15) is 5.69 Å². The Hall–Kier alpha value is -1.99. The van der Waals surface area contributed by atoms with Gasteiger partial charge < -0.3 is 5.73 Å². The van der Waals surface area contributed by atoms with Crippen molar-refractivity contribution >= 4 is 33.2 Å². The van der Waals surface area contributed by atoms with Crippen LogP contribution in [-0.2, 0) is 0 Å². The van der Waals surface area contributed by atoms with Crippen molar-refractivity contribution in [2.24, 2.45) is 0 Å². The van der Waals surface area contributed by atoms with Crippen LogP contribution >= 0.6 is 27.5 Å². The molecule has 0 saturated carbocycles. The molecule has 0 bridgehead atoms. The number of anilines is 1. The second-order valence-corrected chi connectivity index (χ2v) is 5.39. The van der Waals surface area contributed by atoms with Gasteiger partial charge in [-0.05, 0) is 50.6 Å². The molecule has 5 nitrogen and oxygen atoms in total. The molecule has 0 spiro atoms. The summed E-state index contributed by atoms with van der Waals surface area (Å²) in [6.07, 6.45) is 0. The second kappa shape index (κ2) is 5.42. The summed E-state index contributed by atoms with van der Waals surface area (Å²) in [4.78, 5) is 0. The molecule has 106 valence electrons. The van der Waals surface area contributed by atoms with Gasteiger partial charge in [0, 0.05) is 11.3 Å². The van der Waals surface area contributed by atoms with Crippen LogP contribution in [-0.4, -0.2) is 20.2 Å². The van der Waals surface area contributed by atoms with Crippen LogP contribution < -0.4 is 5.73 Å². The predicted molar refractivity (Wildman–Crippen MR) is 81.7 cm³/mol. The number of benzene rings is 2. The molecular formula is C13H8BrClFN5. The van der Waals surface area contributed by atoms with E-state index < -0.39 is 5.82 Å². The zero-order valence-corrected chi connectivity index (χ0v) is 12.8. The van der Waals surface area contributed by atoms with Crippen molar-refractivity contribution in [3.05, 3.63) is 51.7 Å². The van der Waals surface area contributed by atoms with Crippen LogP contribution in [0.2, 0.25) is 5.02 Å². The maximum absolute atomic E-state index is 14.1. The van der Waals surface area contributed by atoms with Gasteiger partial charge in [0.25, 0.3) is 0 Å². The lowest BCUT2D eigenvalue weighted by Crippen LogP contribution is -2.04. The number of nitrogen functional groups attached to an aromatic ring is 1. The third kappa shape index (κ3) is 2.38. The molecule has 3 rings (SSSR count). The summed E-state index contributed by atoms with van der Waals surface area (Å²) in [5, 5.41) is 11.6. The largest absolute Gasteiger partial charge is 0.398 e. The number of nitrogens with zero attached hydrogens (tertiary/aromatic N) is 4. The van der Waals surface area contributed by atoms with E-state index in [1.165, 1.54) is 16.8 Å². The van der Waals surface area contributed by atoms with E-state index in [1.807, 2.05) is 0 Å². The van der Waals surface area contributed by atoms with E-state index in [1.54, 1.807) is 24.3 Å². The van der Waals surface area contributed by atoms with E-state index in [0.29, 0.717) is 21.5 Å². The van der Waals surface area contributed by atoms with Crippen LogP contribution in [0.15, 0.2) is 40.9 Å². The lowest BCUT2D eigenvalue weighted by molar-refractivity contribution is 0.608. The number of tetrazole rings is 1. The molecule has 3 aromatic rings. The van der Waals surface area contributed by atoms with Crippen molar-refractivity contribution in [3.63, 3.8) is 0 Å². The summed E-state index contributed by atoms with van der Waals surface area (Å²) < 4.78 is 15.9. The molecule has 1 heterocycles. The van der Waals surface area contributed by atoms with Gasteiger partial charge in [-0.2, -0.15) is 4.68 Å². The second-order valence-electron chi connectivity index (χ2n) is 4.19. The van der Waals surface area contributed by atoms with Crippen molar-refractivity contribution in [1.29, 1.82) is 0 Å². The van der Waals surface area contributed by atoms with Crippen LogP contribution in [0.4, 0.5) is 10.1 Å². The zero-order chi connectivity index (χ0) is 15.0. The quantitative estimate of drug-likeness (QED) is 0.703. The minimum Gasteiger partial charge on any atom is -0.398 e. The maximum atomic E-state index is 14.1. The van der Waals surface area contributed by atoms with E-state index in [4.69, 9.17) is 17.3 Å². The standard InChI is InChI=1S/C13H8BrClFN5/c14-11-7(3-1-6-10(11)17)13-18-19-20-21(13)12-8(15)4-2-5-9(12)16/h1-6H,17H2. The molecule has 0 fully saturated rings. The highest BCUT2D eigenvalue weighted by Gasteiger charge is 2.19. The Labute approximate surface area is 132 Å². The van der Waals surface area contributed by atoms with Crippen LogP contribution in [0.1, 0.15) is 0 Å². The zero-order valence-electron chi connectivity index (χ0n) is 10.5. The molecule has 0 saturated heterocycles. The first-order valence-corrected chi connectivity index (χ1v) is 7.04. The summed E-state index contributed by atoms with van der Waals surface area (Å²) in [7, 11) is 0. The molecule has 0 unspecified atom stereocenters. The fraction of sp³-hybridized carbons (Fsp3) is 0. The predicted octanol–water partition coefficient (Wildman–Crippen LogP) is 3.47. The van der Waals surface area contributed by atoms with Crippen LogP contribution in [0.25, 0.3) is 17.1 Å². The van der Waals surface area contributed by atoms with Crippen LogP contribution in [0, 0.1) is 5.82 Å². The Balaban J connectivity index is 2.25. The Morgan fingerprint density at radius 1 is 1.19 bits per heavy atom. The van der Waals surface area contributed by atoms with E-state index in [9.17, 15) is 4.39 Å². The van der Waals surface area contributed by atoms with E-state index in [2.05, 4.69) is 31.5 Å². The minimum atomic E-state index is -0.518. The average molecular weight is 369 g/mol. The van der Waals surface area contributed by atoms with Gasteiger partial charge in [0.15, 0.2) is 11.6 Å². The monoisotopic (exact) mass is 367 g/mol. The molecule has 0 atom stereocenters. The smallest absolute Gasteiger partial charge is 0.188 e. The number of hydrogen-bond acceptors (Lipinski definition) is 4. The molecule has 2 aromatic carbocycles. The van der Waals surface area contributed by atoms with E-state index in [0.717, 1.165) is 0 Å². The highest BCUT2D eigenvalue weighted by atomic mass is 79.9. The van der Waals surface area contributed by atoms with Gasteiger partial charge in [0.2, 0.25) is 0 Å². The molecule has 1 aromatic heterocycles. The first kappa shape index (κ1) is 14.0. The Morgan fingerprint density at radius 3 is 2.71 bits per heavy atom. The summed E-state index contributed by atoms with van der Waals surface area (Å²) in [5.74, 6) is -0.183. The highest BCUT2D eigenvalue weighted by Crippen LogP contribution is 2.33. The Bertz CT molecular complexity index is 800. The third-order valence-electron chi connectivity index (χ3n) is 2.89. The van der Waals surface area contributed by atoms with Crippen molar-refractivity contribution in [3.8, 4) is 17.1 Å². The number of rotatable bonds is 2. The summed E-state index contributed by atoms with van der Waals surface area (Å²) in [6.45, 7) is 0. The number of nitrogens with two attached hydrogens (primary N) is 1. The van der Waals surface area contributed by atoms with Crippen molar-refractivity contribution < 1.29 is 4.39 Å². The van der Waals surface area contributed by atoms with Crippen molar-refractivity contribution in [1.82, 2.24) is 20.2 Å². The molecule has 0 aliphatic rings. The van der Waals surface area contributed by atoms with Crippen LogP contribution in [0.3, 0.4) is 0 Å². The van der Waals surface area contributed by atoms with Gasteiger partial charge in [-0.3, -0.25) is 0 Å². The highest BCUT2D eigenvalue weighted by molar-refractivity contribution is 9.10. The summed E-state index contributed by atoms with van der Waals surface area (Å²) >= 11 is 9.44. The van der Waals surface area contributed by atoms with E-state index in [-0.39, 0.29) is 10.7 Å². The topological polar surface area (TPSA) is 69.6 Å². The average Bonchev–Trinajstić information content (AvgIpc) is 2.91. The normalized spacial score (nSPS) is 10.8. The number of para-hydroxylation sites is 1. The number of hydrogen-bond donors (Lipinski definition) is 1. The van der Waals surface area contributed by atoms with Gasteiger partial charge >= 0.3 is 0 Å². The molecule has 0 aliphatic heterocycles. The van der Waals surface area contributed by atoms with Gasteiger partial charge in [0.05, 0.1) is 9.50 Å². The molecule has 2 N–H and O–H groups in total.